The number of aryl methyl sites for hydroxylation is 2. The van der Waals surface area contributed by atoms with Gasteiger partial charge in [0.25, 0.3) is 0 Å². The predicted molar refractivity (Wildman–Crippen MR) is 118 cm³/mol. The normalized spacial score (nSPS) is 10.9. The number of fused-ring (bicyclic) bond motifs is 1. The molecule has 0 atom stereocenters. The van der Waals surface area contributed by atoms with Crippen LogP contribution in [0.5, 0.6) is 0 Å². The molecular formula is C23H23N5O2. The number of nitrogens with zero attached hydrogens (tertiary/aromatic N) is 4. The smallest absolute Gasteiger partial charge is 0.341 e. The second-order valence-electron chi connectivity index (χ2n) is 7.44. The molecule has 2 aromatic heterocycles. The van der Waals surface area contributed by atoms with Crippen LogP contribution >= 0.6 is 0 Å². The molecule has 0 radical (unpaired) electrons. The summed E-state index contributed by atoms with van der Waals surface area (Å²) < 4.78 is 1.57. The second-order valence-corrected chi connectivity index (χ2v) is 7.44. The molecule has 0 aliphatic rings. The van der Waals surface area contributed by atoms with Crippen LogP contribution in [-0.2, 0) is 6.54 Å². The third kappa shape index (κ3) is 3.96. The summed E-state index contributed by atoms with van der Waals surface area (Å²) in [6.45, 7) is 4.71. The van der Waals surface area contributed by atoms with Crippen molar-refractivity contribution in [3.05, 3.63) is 83.0 Å². The Balaban J connectivity index is 1.78. The number of nitrogens with one attached hydrogen (secondary N) is 1. The van der Waals surface area contributed by atoms with Crippen LogP contribution in [0.15, 0.2) is 60.8 Å². The Bertz CT molecular complexity index is 1200. The van der Waals surface area contributed by atoms with Crippen LogP contribution in [0.4, 0.5) is 17.3 Å². The summed E-state index contributed by atoms with van der Waals surface area (Å²) in [7, 11) is 1.95. The number of carboxylic acids is 1. The van der Waals surface area contributed by atoms with E-state index in [-0.39, 0.29) is 5.56 Å². The van der Waals surface area contributed by atoms with E-state index >= 15 is 0 Å². The van der Waals surface area contributed by atoms with E-state index in [1.807, 2.05) is 62.2 Å². The minimum atomic E-state index is -1.06. The van der Waals surface area contributed by atoms with E-state index in [1.54, 1.807) is 4.52 Å². The maximum atomic E-state index is 11.7. The zero-order valence-corrected chi connectivity index (χ0v) is 17.1. The van der Waals surface area contributed by atoms with Crippen molar-refractivity contribution in [3.63, 3.8) is 0 Å². The number of benzene rings is 2. The van der Waals surface area contributed by atoms with Gasteiger partial charge in [0.1, 0.15) is 17.2 Å². The van der Waals surface area contributed by atoms with Crippen LogP contribution in [0.3, 0.4) is 0 Å². The summed E-state index contributed by atoms with van der Waals surface area (Å²) in [5.41, 5.74) is 4.67. The summed E-state index contributed by atoms with van der Waals surface area (Å²) in [5.74, 6) is 0.242. The molecule has 0 saturated heterocycles. The number of carboxylic acid groups (broad SMARTS) is 1. The van der Waals surface area contributed by atoms with Crippen molar-refractivity contribution in [3.8, 4) is 0 Å². The first-order chi connectivity index (χ1) is 14.4. The highest BCUT2D eigenvalue weighted by atomic mass is 16.4. The van der Waals surface area contributed by atoms with E-state index in [1.165, 1.54) is 6.20 Å². The molecule has 2 N–H and O–H groups in total. The van der Waals surface area contributed by atoms with Crippen LogP contribution in [0, 0.1) is 13.8 Å². The van der Waals surface area contributed by atoms with Gasteiger partial charge in [-0.25, -0.2) is 9.78 Å². The summed E-state index contributed by atoms with van der Waals surface area (Å²) in [4.78, 5) is 18.2. The third-order valence-corrected chi connectivity index (χ3v) is 4.83. The van der Waals surface area contributed by atoms with E-state index < -0.39 is 5.97 Å². The van der Waals surface area contributed by atoms with Gasteiger partial charge >= 0.3 is 5.97 Å². The van der Waals surface area contributed by atoms with Crippen molar-refractivity contribution in [2.75, 3.05) is 17.3 Å². The molecular weight excluding hydrogens is 378 g/mol. The van der Waals surface area contributed by atoms with E-state index in [9.17, 15) is 9.90 Å². The lowest BCUT2D eigenvalue weighted by Gasteiger charge is -2.21. The first kappa shape index (κ1) is 19.4. The number of aromatic carboxylic acids is 1. The molecule has 7 nitrogen and oxygen atoms in total. The first-order valence-corrected chi connectivity index (χ1v) is 9.63. The van der Waals surface area contributed by atoms with E-state index in [4.69, 9.17) is 0 Å². The topological polar surface area (TPSA) is 82.8 Å². The highest BCUT2D eigenvalue weighted by molar-refractivity contribution is 5.94. The molecule has 0 aliphatic heterocycles. The number of carbonyl (C=O) groups is 1. The summed E-state index contributed by atoms with van der Waals surface area (Å²) in [6.07, 6.45) is 1.34. The second kappa shape index (κ2) is 7.87. The van der Waals surface area contributed by atoms with Gasteiger partial charge in [-0.15, -0.1) is 0 Å². The largest absolute Gasteiger partial charge is 0.477 e. The Morgan fingerprint density at radius 1 is 1.10 bits per heavy atom. The fourth-order valence-electron chi connectivity index (χ4n) is 3.57. The van der Waals surface area contributed by atoms with Crippen molar-refractivity contribution in [2.45, 2.75) is 20.4 Å². The first-order valence-electron chi connectivity index (χ1n) is 9.63. The zero-order valence-electron chi connectivity index (χ0n) is 17.1. The monoisotopic (exact) mass is 401 g/mol. The molecule has 30 heavy (non-hydrogen) atoms. The van der Waals surface area contributed by atoms with Gasteiger partial charge in [0.05, 0.1) is 6.20 Å². The van der Waals surface area contributed by atoms with Crippen molar-refractivity contribution in [1.82, 2.24) is 14.6 Å². The number of hydrogen-bond acceptors (Lipinski definition) is 5. The zero-order chi connectivity index (χ0) is 21.3. The molecule has 0 fully saturated rings. The van der Waals surface area contributed by atoms with Gasteiger partial charge in [-0.1, -0.05) is 36.4 Å². The molecule has 0 aliphatic carbocycles. The van der Waals surface area contributed by atoms with Crippen molar-refractivity contribution in [1.29, 1.82) is 0 Å². The van der Waals surface area contributed by atoms with Crippen LogP contribution in [0.25, 0.3) is 5.65 Å². The molecule has 4 aromatic rings. The number of aromatic nitrogens is 3. The van der Waals surface area contributed by atoms with Crippen molar-refractivity contribution in [2.24, 2.45) is 0 Å². The predicted octanol–water partition coefficient (Wildman–Crippen LogP) is 4.42. The van der Waals surface area contributed by atoms with Crippen LogP contribution in [0.2, 0.25) is 0 Å². The Hall–Kier alpha value is -3.87. The van der Waals surface area contributed by atoms with Crippen molar-refractivity contribution < 1.29 is 9.90 Å². The van der Waals surface area contributed by atoms with Gasteiger partial charge in [-0.3, -0.25) is 0 Å². The van der Waals surface area contributed by atoms with Gasteiger partial charge in [0.2, 0.25) is 0 Å². The fraction of sp³-hybridized carbons (Fsp3) is 0.174. The third-order valence-electron chi connectivity index (χ3n) is 4.83. The molecule has 0 unspecified atom stereocenters. The molecule has 0 bridgehead atoms. The standard InChI is InChI=1S/C23H23N5O2/c1-15-9-16(2)11-18(10-15)25-20-12-21(27(3)14-17-7-5-4-6-8-17)28-22(26-20)19(13-24-28)23(29)30/h4-13H,14H2,1-3H3,(H,25,26)(H,29,30). The Kier molecular flexibility index (Phi) is 5.10. The minimum Gasteiger partial charge on any atom is -0.477 e. The number of rotatable bonds is 6. The molecule has 2 heterocycles. The molecule has 2 aromatic carbocycles. The van der Waals surface area contributed by atoms with E-state index in [2.05, 4.69) is 33.6 Å². The summed E-state index contributed by atoms with van der Waals surface area (Å²) >= 11 is 0. The van der Waals surface area contributed by atoms with Gasteiger partial charge in [-0.05, 0) is 42.7 Å². The van der Waals surface area contributed by atoms with Crippen LogP contribution in [-0.4, -0.2) is 32.7 Å². The van der Waals surface area contributed by atoms with E-state index in [0.29, 0.717) is 18.0 Å². The summed E-state index contributed by atoms with van der Waals surface area (Å²) in [5, 5.41) is 17.2. The van der Waals surface area contributed by atoms with E-state index in [0.717, 1.165) is 28.2 Å². The van der Waals surface area contributed by atoms with Crippen LogP contribution < -0.4 is 10.2 Å². The van der Waals surface area contributed by atoms with Crippen LogP contribution in [0.1, 0.15) is 27.0 Å². The van der Waals surface area contributed by atoms with Crippen molar-refractivity contribution >= 4 is 28.9 Å². The van der Waals surface area contributed by atoms with Gasteiger partial charge < -0.3 is 15.3 Å². The van der Waals surface area contributed by atoms with Gasteiger partial charge in [0, 0.05) is 25.3 Å². The molecule has 0 saturated carbocycles. The Morgan fingerprint density at radius 2 is 1.80 bits per heavy atom. The SMILES string of the molecule is Cc1cc(C)cc(Nc2cc(N(C)Cc3ccccc3)n3ncc(C(=O)O)c3n2)c1. The Labute approximate surface area is 174 Å². The fourth-order valence-corrected chi connectivity index (χ4v) is 3.57. The maximum absolute atomic E-state index is 11.7. The summed E-state index contributed by atoms with van der Waals surface area (Å²) in [6, 6.07) is 18.1. The average Bonchev–Trinajstić information content (AvgIpc) is 3.11. The van der Waals surface area contributed by atoms with Gasteiger partial charge in [0.15, 0.2) is 5.65 Å². The molecule has 4 rings (SSSR count). The number of anilines is 3. The van der Waals surface area contributed by atoms with Gasteiger partial charge in [-0.2, -0.15) is 9.61 Å². The highest BCUT2D eigenvalue weighted by Crippen LogP contribution is 2.26. The highest BCUT2D eigenvalue weighted by Gasteiger charge is 2.18. The maximum Gasteiger partial charge on any atom is 0.341 e. The Morgan fingerprint density at radius 3 is 2.47 bits per heavy atom. The molecule has 0 amide bonds. The molecule has 152 valence electrons. The molecule has 7 heteroatoms. The minimum absolute atomic E-state index is 0.0634. The lowest BCUT2D eigenvalue weighted by atomic mass is 10.1. The molecule has 0 spiro atoms. The average molecular weight is 401 g/mol. The lowest BCUT2D eigenvalue weighted by Crippen LogP contribution is -2.20. The lowest BCUT2D eigenvalue weighted by molar-refractivity contribution is 0.0699. The quantitative estimate of drug-likeness (QED) is 0.498. The number of hydrogen-bond donors (Lipinski definition) is 2.